The van der Waals surface area contributed by atoms with Gasteiger partial charge in [0.25, 0.3) is 0 Å². The predicted octanol–water partition coefficient (Wildman–Crippen LogP) is 2.60. The molecule has 3 aromatic rings. The minimum Gasteiger partial charge on any atom is -0.480 e. The quantitative estimate of drug-likeness (QED) is 0.0869. The zero-order valence-electron chi connectivity index (χ0n) is 23.5. The van der Waals surface area contributed by atoms with Crippen molar-refractivity contribution >= 4 is 23.7 Å². The number of hydrogen-bond acceptors (Lipinski definition) is 5. The molecule has 3 aromatic carbocycles. The van der Waals surface area contributed by atoms with Gasteiger partial charge in [-0.1, -0.05) is 84.9 Å². The van der Waals surface area contributed by atoms with Crippen molar-refractivity contribution < 1.29 is 24.6 Å². The number of carboxylic acids is 1. The Hall–Kier alpha value is -4.70. The van der Waals surface area contributed by atoms with Crippen LogP contribution in [0.3, 0.4) is 0 Å². The predicted molar refractivity (Wildman–Crippen MR) is 161 cm³/mol. The summed E-state index contributed by atoms with van der Waals surface area (Å²) < 4.78 is 0. The highest BCUT2D eigenvalue weighted by molar-refractivity contribution is 5.93. The Bertz CT molecular complexity index is 1260. The van der Waals surface area contributed by atoms with Crippen molar-refractivity contribution in [2.24, 2.45) is 5.73 Å². The molecular weight excluding hydrogens is 534 g/mol. The van der Waals surface area contributed by atoms with Gasteiger partial charge < -0.3 is 31.5 Å². The molecule has 1 atom stereocenters. The van der Waals surface area contributed by atoms with Crippen LogP contribution in [0, 0.1) is 5.41 Å². The third kappa shape index (κ3) is 9.74. The molecule has 0 heterocycles. The van der Waals surface area contributed by atoms with Crippen LogP contribution < -0.4 is 16.4 Å². The Kier molecular flexibility index (Phi) is 12.5. The number of guanidine groups is 1. The topological polar surface area (TPSA) is 169 Å². The van der Waals surface area contributed by atoms with E-state index < -0.39 is 30.4 Å². The first-order valence-corrected chi connectivity index (χ1v) is 14.0. The normalized spacial score (nSPS) is 11.5. The molecule has 0 unspecified atom stereocenters. The van der Waals surface area contributed by atoms with Crippen LogP contribution in [-0.4, -0.2) is 64.6 Å². The van der Waals surface area contributed by atoms with E-state index >= 15 is 0 Å². The van der Waals surface area contributed by atoms with Crippen molar-refractivity contribution in [2.45, 2.75) is 44.2 Å². The first-order valence-electron chi connectivity index (χ1n) is 14.0. The number of aryl methyl sites for hydroxylation is 1. The molecule has 0 spiro atoms. The van der Waals surface area contributed by atoms with Crippen molar-refractivity contribution in [3.63, 3.8) is 0 Å². The summed E-state index contributed by atoms with van der Waals surface area (Å²) in [5.74, 6) is -2.98. The summed E-state index contributed by atoms with van der Waals surface area (Å²) in [4.78, 5) is 40.9. The van der Waals surface area contributed by atoms with E-state index in [1.165, 1.54) is 4.90 Å². The highest BCUT2D eigenvalue weighted by Gasteiger charge is 2.35. The van der Waals surface area contributed by atoms with Crippen LogP contribution in [0.1, 0.15) is 47.4 Å². The maximum absolute atomic E-state index is 14.6. The van der Waals surface area contributed by atoms with Gasteiger partial charge in [0.2, 0.25) is 11.8 Å². The minimum absolute atomic E-state index is 0.0933. The van der Waals surface area contributed by atoms with Crippen LogP contribution >= 0.6 is 0 Å². The SMILES string of the molecule is N=C(N)NCCC[C@H](C(=O)NCC(=O)O)N(Cc1ccc(CCCO)cc1)C(=O)C(c1ccccc1)c1ccccc1. The molecular formula is C32H39N5O5. The summed E-state index contributed by atoms with van der Waals surface area (Å²) in [6, 6.07) is 25.4. The molecule has 10 heteroatoms. The fourth-order valence-electron chi connectivity index (χ4n) is 4.79. The second-order valence-electron chi connectivity index (χ2n) is 9.97. The molecule has 0 fully saturated rings. The molecule has 222 valence electrons. The molecule has 0 aliphatic carbocycles. The number of aliphatic carboxylic acids is 1. The summed E-state index contributed by atoms with van der Waals surface area (Å²) in [5.41, 5.74) is 8.79. The smallest absolute Gasteiger partial charge is 0.322 e. The van der Waals surface area contributed by atoms with Gasteiger partial charge in [0, 0.05) is 19.7 Å². The Labute approximate surface area is 246 Å². The molecule has 0 bridgehead atoms. The van der Waals surface area contributed by atoms with Crippen LogP contribution in [0.15, 0.2) is 84.9 Å². The van der Waals surface area contributed by atoms with E-state index in [-0.39, 0.29) is 31.4 Å². The van der Waals surface area contributed by atoms with Crippen LogP contribution in [0.5, 0.6) is 0 Å². The number of aliphatic hydroxyl groups excluding tert-OH is 1. The summed E-state index contributed by atoms with van der Waals surface area (Å²) >= 11 is 0. The number of carbonyl (C=O) groups excluding carboxylic acids is 2. The first-order chi connectivity index (χ1) is 20.3. The average Bonchev–Trinajstić information content (AvgIpc) is 2.99. The molecule has 0 saturated heterocycles. The Balaban J connectivity index is 2.04. The number of benzene rings is 3. The largest absolute Gasteiger partial charge is 0.480 e. The Morgan fingerprint density at radius 1 is 0.833 bits per heavy atom. The molecule has 10 nitrogen and oxygen atoms in total. The standard InChI is InChI=1S/C32H39N5O5/c33-32(34)35-19-7-14-27(30(41)36-21-28(39)40)37(22-24-17-15-23(16-18-24)9-8-20-38)31(42)29(25-10-3-1-4-11-25)26-12-5-2-6-13-26/h1-6,10-13,15-18,27,29,38H,7-9,14,19-22H2,(H,36,41)(H,39,40)(H4,33,34,35)/t27-/m1/s1. The fourth-order valence-corrected chi connectivity index (χ4v) is 4.79. The number of nitrogens with one attached hydrogen (secondary N) is 3. The monoisotopic (exact) mass is 573 g/mol. The van der Waals surface area contributed by atoms with Crippen molar-refractivity contribution in [3.05, 3.63) is 107 Å². The van der Waals surface area contributed by atoms with Gasteiger partial charge in [-0.05, 0) is 47.9 Å². The number of nitrogens with zero attached hydrogens (tertiary/aromatic N) is 1. The molecule has 0 aliphatic heterocycles. The first kappa shape index (κ1) is 31.8. The fraction of sp³-hybridized carbons (Fsp3) is 0.312. The lowest BCUT2D eigenvalue weighted by molar-refractivity contribution is -0.143. The van der Waals surface area contributed by atoms with Crippen molar-refractivity contribution in [1.82, 2.24) is 15.5 Å². The second-order valence-corrected chi connectivity index (χ2v) is 9.97. The minimum atomic E-state index is -1.19. The third-order valence-corrected chi connectivity index (χ3v) is 6.86. The summed E-state index contributed by atoms with van der Waals surface area (Å²) in [7, 11) is 0. The van der Waals surface area contributed by atoms with E-state index in [9.17, 15) is 24.6 Å². The van der Waals surface area contributed by atoms with Crippen molar-refractivity contribution in [2.75, 3.05) is 19.7 Å². The lowest BCUT2D eigenvalue weighted by Gasteiger charge is -2.34. The van der Waals surface area contributed by atoms with Gasteiger partial charge in [-0.15, -0.1) is 0 Å². The van der Waals surface area contributed by atoms with Gasteiger partial charge in [0.05, 0.1) is 5.92 Å². The number of nitrogens with two attached hydrogens (primary N) is 1. The molecule has 7 N–H and O–H groups in total. The molecule has 0 saturated carbocycles. The van der Waals surface area contributed by atoms with Crippen LogP contribution in [-0.2, 0) is 27.3 Å². The van der Waals surface area contributed by atoms with Gasteiger partial charge in [0.15, 0.2) is 5.96 Å². The molecule has 0 aliphatic rings. The molecule has 0 aromatic heterocycles. The van der Waals surface area contributed by atoms with E-state index in [0.717, 1.165) is 22.3 Å². The van der Waals surface area contributed by atoms with Crippen LogP contribution in [0.25, 0.3) is 0 Å². The van der Waals surface area contributed by atoms with E-state index in [1.807, 2.05) is 84.9 Å². The van der Waals surface area contributed by atoms with E-state index in [0.29, 0.717) is 25.8 Å². The number of rotatable bonds is 16. The molecule has 3 rings (SSSR count). The maximum atomic E-state index is 14.6. The number of aliphatic hydroxyl groups is 1. The van der Waals surface area contributed by atoms with Gasteiger partial charge in [-0.2, -0.15) is 0 Å². The van der Waals surface area contributed by atoms with Crippen LogP contribution in [0.2, 0.25) is 0 Å². The summed E-state index contributed by atoms with van der Waals surface area (Å²) in [5, 5.41) is 31.0. The highest BCUT2D eigenvalue weighted by Crippen LogP contribution is 2.29. The van der Waals surface area contributed by atoms with Gasteiger partial charge in [-0.3, -0.25) is 19.8 Å². The van der Waals surface area contributed by atoms with Gasteiger partial charge in [-0.25, -0.2) is 0 Å². The van der Waals surface area contributed by atoms with E-state index in [1.54, 1.807) is 0 Å². The lowest BCUT2D eigenvalue weighted by Crippen LogP contribution is -2.51. The Morgan fingerprint density at radius 2 is 1.40 bits per heavy atom. The maximum Gasteiger partial charge on any atom is 0.322 e. The van der Waals surface area contributed by atoms with E-state index in [2.05, 4.69) is 10.6 Å². The number of amides is 2. The molecule has 2 amide bonds. The Morgan fingerprint density at radius 3 is 1.93 bits per heavy atom. The average molecular weight is 574 g/mol. The number of carboxylic acid groups (broad SMARTS) is 1. The molecule has 0 radical (unpaired) electrons. The lowest BCUT2D eigenvalue weighted by atomic mass is 9.89. The van der Waals surface area contributed by atoms with Crippen LogP contribution in [0.4, 0.5) is 0 Å². The zero-order chi connectivity index (χ0) is 30.3. The van der Waals surface area contributed by atoms with Gasteiger partial charge in [0.1, 0.15) is 12.6 Å². The summed E-state index contributed by atoms with van der Waals surface area (Å²) in [6.07, 6.45) is 1.96. The van der Waals surface area contributed by atoms with Crippen molar-refractivity contribution in [3.8, 4) is 0 Å². The summed E-state index contributed by atoms with van der Waals surface area (Å²) in [6.45, 7) is -0.0690. The highest BCUT2D eigenvalue weighted by atomic mass is 16.4. The second kappa shape index (κ2) is 16.5. The zero-order valence-corrected chi connectivity index (χ0v) is 23.5. The number of hydrogen-bond donors (Lipinski definition) is 6. The van der Waals surface area contributed by atoms with E-state index in [4.69, 9.17) is 11.1 Å². The van der Waals surface area contributed by atoms with Gasteiger partial charge >= 0.3 is 5.97 Å². The number of carbonyl (C=O) groups is 3. The van der Waals surface area contributed by atoms with Crippen molar-refractivity contribution in [1.29, 1.82) is 5.41 Å². The third-order valence-electron chi connectivity index (χ3n) is 6.86. The molecule has 42 heavy (non-hydrogen) atoms.